The molecule has 0 spiro atoms. The monoisotopic (exact) mass is 190 g/mol. The van der Waals surface area contributed by atoms with Crippen LogP contribution < -0.4 is 0 Å². The van der Waals surface area contributed by atoms with Gasteiger partial charge in [-0.3, -0.25) is 4.79 Å². The van der Waals surface area contributed by atoms with Gasteiger partial charge in [0, 0.05) is 11.1 Å². The van der Waals surface area contributed by atoms with Gasteiger partial charge in [0.2, 0.25) is 0 Å². The maximum absolute atomic E-state index is 12.2. The molecule has 0 aromatic rings. The number of ketones is 1. The molecule has 1 nitrogen and oxygen atoms in total. The highest BCUT2D eigenvalue weighted by Crippen LogP contribution is 2.32. The van der Waals surface area contributed by atoms with Gasteiger partial charge in [0.05, 0.1) is 0 Å². The van der Waals surface area contributed by atoms with Gasteiger partial charge in [0.25, 0.3) is 0 Å². The fourth-order valence-electron chi connectivity index (χ4n) is 1.17. The van der Waals surface area contributed by atoms with E-state index in [1.165, 1.54) is 13.0 Å². The van der Waals surface area contributed by atoms with Crippen LogP contribution in [0.15, 0.2) is 23.3 Å². The number of rotatable bonds is 1. The molecule has 0 radical (unpaired) electrons. The van der Waals surface area contributed by atoms with Gasteiger partial charge < -0.3 is 0 Å². The molecule has 0 N–H and O–H groups in total. The molecule has 72 valence electrons. The SMILES string of the molecule is CC(=O)C1=CCCC(C(F)(F)F)=C1. The van der Waals surface area contributed by atoms with Crippen LogP contribution in [0, 0.1) is 0 Å². The number of alkyl halides is 3. The topological polar surface area (TPSA) is 17.1 Å². The normalized spacial score (nSPS) is 17.8. The lowest BCUT2D eigenvalue weighted by atomic mass is 9.97. The van der Waals surface area contributed by atoms with Crippen LogP contribution in [-0.4, -0.2) is 12.0 Å². The minimum atomic E-state index is -4.30. The van der Waals surface area contributed by atoms with Crippen LogP contribution in [0.4, 0.5) is 13.2 Å². The molecule has 0 atom stereocenters. The van der Waals surface area contributed by atoms with Crippen molar-refractivity contribution in [1.82, 2.24) is 0 Å². The first-order valence-electron chi connectivity index (χ1n) is 3.90. The molecule has 1 aliphatic carbocycles. The number of halogens is 3. The Morgan fingerprint density at radius 1 is 1.46 bits per heavy atom. The summed E-state index contributed by atoms with van der Waals surface area (Å²) in [4.78, 5) is 10.8. The van der Waals surface area contributed by atoms with Crippen LogP contribution in [-0.2, 0) is 4.79 Å². The van der Waals surface area contributed by atoms with Crippen LogP contribution in [0.3, 0.4) is 0 Å². The molecule has 0 fully saturated rings. The molecule has 0 heterocycles. The van der Waals surface area contributed by atoms with Gasteiger partial charge >= 0.3 is 6.18 Å². The Morgan fingerprint density at radius 2 is 2.08 bits per heavy atom. The van der Waals surface area contributed by atoms with E-state index in [-0.39, 0.29) is 17.8 Å². The summed E-state index contributed by atoms with van der Waals surface area (Å²) in [5, 5.41) is 0. The summed E-state index contributed by atoms with van der Waals surface area (Å²) in [6.45, 7) is 1.27. The fraction of sp³-hybridized carbons (Fsp3) is 0.444. The average molecular weight is 190 g/mol. The van der Waals surface area contributed by atoms with Crippen molar-refractivity contribution >= 4 is 5.78 Å². The Bertz CT molecular complexity index is 284. The number of carbonyl (C=O) groups is 1. The average Bonchev–Trinajstić information content (AvgIpc) is 2.03. The van der Waals surface area contributed by atoms with Crippen molar-refractivity contribution < 1.29 is 18.0 Å². The van der Waals surface area contributed by atoms with Crippen molar-refractivity contribution in [3.05, 3.63) is 23.3 Å². The molecule has 4 heteroatoms. The Balaban J connectivity index is 2.91. The fourth-order valence-corrected chi connectivity index (χ4v) is 1.17. The van der Waals surface area contributed by atoms with Crippen molar-refractivity contribution in [2.45, 2.75) is 25.9 Å². The number of hydrogen-bond donors (Lipinski definition) is 0. The molecular formula is C9H9F3O. The van der Waals surface area contributed by atoms with Crippen LogP contribution in [0.25, 0.3) is 0 Å². The summed E-state index contributed by atoms with van der Waals surface area (Å²) in [6, 6.07) is 0. The number of carbonyl (C=O) groups excluding carboxylic acids is 1. The van der Waals surface area contributed by atoms with E-state index in [0.717, 1.165) is 6.08 Å². The van der Waals surface area contributed by atoms with Gasteiger partial charge in [-0.2, -0.15) is 13.2 Å². The second-order valence-corrected chi connectivity index (χ2v) is 2.92. The highest BCUT2D eigenvalue weighted by Gasteiger charge is 2.34. The smallest absolute Gasteiger partial charge is 0.295 e. The van der Waals surface area contributed by atoms with E-state index in [2.05, 4.69) is 0 Å². The lowest BCUT2D eigenvalue weighted by Gasteiger charge is -2.14. The molecule has 0 unspecified atom stereocenters. The Kier molecular flexibility index (Phi) is 2.59. The molecule has 0 aromatic carbocycles. The summed E-state index contributed by atoms with van der Waals surface area (Å²) >= 11 is 0. The Morgan fingerprint density at radius 3 is 2.54 bits per heavy atom. The molecule has 0 amide bonds. The van der Waals surface area contributed by atoms with E-state index in [4.69, 9.17) is 0 Å². The standard InChI is InChI=1S/C9H9F3O/c1-6(13)7-3-2-4-8(5-7)9(10,11)12/h3,5H,2,4H2,1H3. The van der Waals surface area contributed by atoms with Crippen molar-refractivity contribution in [1.29, 1.82) is 0 Å². The third-order valence-corrected chi connectivity index (χ3v) is 1.88. The van der Waals surface area contributed by atoms with Gasteiger partial charge in [0.1, 0.15) is 0 Å². The summed E-state index contributed by atoms with van der Waals surface area (Å²) < 4.78 is 36.5. The van der Waals surface area contributed by atoms with Crippen molar-refractivity contribution in [2.75, 3.05) is 0 Å². The molecule has 0 aromatic heterocycles. The summed E-state index contributed by atoms with van der Waals surface area (Å²) in [5.74, 6) is -0.318. The second kappa shape index (κ2) is 3.36. The molecule has 1 rings (SSSR count). The molecule has 1 aliphatic rings. The van der Waals surface area contributed by atoms with E-state index in [9.17, 15) is 18.0 Å². The molecule has 0 saturated heterocycles. The third kappa shape index (κ3) is 2.44. The quantitative estimate of drug-likeness (QED) is 0.621. The van der Waals surface area contributed by atoms with Crippen molar-refractivity contribution in [3.63, 3.8) is 0 Å². The third-order valence-electron chi connectivity index (χ3n) is 1.88. The molecule has 0 saturated carbocycles. The van der Waals surface area contributed by atoms with Gasteiger partial charge in [0.15, 0.2) is 5.78 Å². The maximum atomic E-state index is 12.2. The largest absolute Gasteiger partial charge is 0.412 e. The van der Waals surface area contributed by atoms with E-state index >= 15 is 0 Å². The first-order valence-corrected chi connectivity index (χ1v) is 3.90. The predicted molar refractivity (Wildman–Crippen MR) is 42.1 cm³/mol. The van der Waals surface area contributed by atoms with Crippen LogP contribution in [0.5, 0.6) is 0 Å². The zero-order valence-electron chi connectivity index (χ0n) is 7.11. The Hall–Kier alpha value is -1.06. The molecule has 0 aliphatic heterocycles. The molecular weight excluding hydrogens is 181 g/mol. The number of allylic oxidation sites excluding steroid dienone is 4. The van der Waals surface area contributed by atoms with Gasteiger partial charge in [-0.25, -0.2) is 0 Å². The second-order valence-electron chi connectivity index (χ2n) is 2.92. The zero-order valence-corrected chi connectivity index (χ0v) is 7.11. The zero-order chi connectivity index (χ0) is 10.1. The van der Waals surface area contributed by atoms with Gasteiger partial charge in [-0.05, 0) is 25.8 Å². The highest BCUT2D eigenvalue weighted by atomic mass is 19.4. The van der Waals surface area contributed by atoms with E-state index in [0.29, 0.717) is 6.42 Å². The van der Waals surface area contributed by atoms with Crippen molar-refractivity contribution in [3.8, 4) is 0 Å². The van der Waals surface area contributed by atoms with E-state index in [1.54, 1.807) is 0 Å². The predicted octanol–water partition coefficient (Wildman–Crippen LogP) is 2.78. The van der Waals surface area contributed by atoms with E-state index in [1.807, 2.05) is 0 Å². The minimum Gasteiger partial charge on any atom is -0.295 e. The van der Waals surface area contributed by atoms with Crippen LogP contribution in [0.2, 0.25) is 0 Å². The maximum Gasteiger partial charge on any atom is 0.412 e. The minimum absolute atomic E-state index is 0.0275. The highest BCUT2D eigenvalue weighted by molar-refractivity contribution is 5.96. The molecule has 0 bridgehead atoms. The van der Waals surface area contributed by atoms with Crippen LogP contribution in [0.1, 0.15) is 19.8 Å². The first-order chi connectivity index (χ1) is 5.91. The van der Waals surface area contributed by atoms with Crippen molar-refractivity contribution in [2.24, 2.45) is 0 Å². The lowest BCUT2D eigenvalue weighted by molar-refractivity contribution is -0.113. The lowest BCUT2D eigenvalue weighted by Crippen LogP contribution is -2.15. The number of Topliss-reactive ketones (excluding diaryl/α,β-unsaturated/α-hetero) is 1. The summed E-state index contributed by atoms with van der Waals surface area (Å²) in [6.07, 6.45) is -1.56. The first kappa shape index (κ1) is 10.0. The van der Waals surface area contributed by atoms with Crippen LogP contribution >= 0.6 is 0 Å². The summed E-state index contributed by atoms with van der Waals surface area (Å²) in [5.41, 5.74) is -0.446. The molecule has 13 heavy (non-hydrogen) atoms. The number of hydrogen-bond acceptors (Lipinski definition) is 1. The van der Waals surface area contributed by atoms with Gasteiger partial charge in [-0.15, -0.1) is 0 Å². The van der Waals surface area contributed by atoms with Gasteiger partial charge in [-0.1, -0.05) is 6.08 Å². The van der Waals surface area contributed by atoms with E-state index < -0.39 is 11.7 Å². The Labute approximate surface area is 73.9 Å². The summed E-state index contributed by atoms with van der Waals surface area (Å²) in [7, 11) is 0.